The second-order valence-corrected chi connectivity index (χ2v) is 5.16. The van der Waals surface area contributed by atoms with Gasteiger partial charge in [-0.05, 0) is 29.8 Å². The fourth-order valence-corrected chi connectivity index (χ4v) is 2.59. The van der Waals surface area contributed by atoms with E-state index in [9.17, 15) is 4.79 Å². The number of carbonyl (C=O) groups is 1. The summed E-state index contributed by atoms with van der Waals surface area (Å²) in [4.78, 5) is 15.1. The van der Waals surface area contributed by atoms with Crippen LogP contribution in [0.15, 0.2) is 41.6 Å². The first-order chi connectivity index (χ1) is 10.1. The maximum atomic E-state index is 10.9. The van der Waals surface area contributed by atoms with Gasteiger partial charge < -0.3 is 14.6 Å². The molecule has 1 N–H and O–H groups in total. The molecule has 0 saturated heterocycles. The van der Waals surface area contributed by atoms with Crippen LogP contribution in [-0.4, -0.2) is 30.3 Å². The molecule has 0 bridgehead atoms. The first-order valence-electron chi connectivity index (χ1n) is 6.17. The van der Waals surface area contributed by atoms with Gasteiger partial charge in [0.25, 0.3) is 0 Å². The zero-order chi connectivity index (χ0) is 15.2. The number of aromatic carboxylic acids is 1. The lowest BCUT2D eigenvalue weighted by Gasteiger charge is -2.09. The zero-order valence-electron chi connectivity index (χ0n) is 11.7. The Kier molecular flexibility index (Phi) is 5.05. The van der Waals surface area contributed by atoms with Crippen molar-refractivity contribution >= 4 is 17.7 Å². The Labute approximate surface area is 126 Å². The van der Waals surface area contributed by atoms with E-state index in [1.54, 1.807) is 20.3 Å². The highest BCUT2D eigenvalue weighted by molar-refractivity contribution is 7.98. The minimum absolute atomic E-state index is 0.236. The van der Waals surface area contributed by atoms with Gasteiger partial charge in [0.15, 0.2) is 11.5 Å². The molecular weight excluding hydrogens is 290 g/mol. The predicted molar refractivity (Wildman–Crippen MR) is 80.3 cm³/mol. The summed E-state index contributed by atoms with van der Waals surface area (Å²) in [5.74, 6) is 1.06. The summed E-state index contributed by atoms with van der Waals surface area (Å²) in [6.45, 7) is 0. The van der Waals surface area contributed by atoms with Crippen molar-refractivity contribution in [3.63, 3.8) is 0 Å². The number of pyridine rings is 1. The van der Waals surface area contributed by atoms with Crippen LogP contribution < -0.4 is 9.47 Å². The zero-order valence-corrected chi connectivity index (χ0v) is 12.5. The Balaban J connectivity index is 2.09. The summed E-state index contributed by atoms with van der Waals surface area (Å²) >= 11 is 1.47. The fraction of sp³-hybridized carbons (Fsp3) is 0.200. The van der Waals surface area contributed by atoms with Crippen LogP contribution in [0.1, 0.15) is 15.9 Å². The highest BCUT2D eigenvalue weighted by Crippen LogP contribution is 2.30. The first-order valence-corrected chi connectivity index (χ1v) is 7.15. The SMILES string of the molecule is COc1ccc(CSc2cc(C(=O)O)ccn2)cc1OC. The third-order valence-corrected chi connectivity index (χ3v) is 3.81. The van der Waals surface area contributed by atoms with E-state index in [4.69, 9.17) is 14.6 Å². The molecule has 0 fully saturated rings. The molecule has 0 amide bonds. The van der Waals surface area contributed by atoms with Crippen molar-refractivity contribution in [2.75, 3.05) is 14.2 Å². The van der Waals surface area contributed by atoms with Gasteiger partial charge in [-0.1, -0.05) is 6.07 Å². The maximum Gasteiger partial charge on any atom is 0.335 e. The Morgan fingerprint density at radius 1 is 1.19 bits per heavy atom. The molecule has 1 aromatic carbocycles. The van der Waals surface area contributed by atoms with Gasteiger partial charge in [0.05, 0.1) is 24.8 Å². The minimum Gasteiger partial charge on any atom is -0.493 e. The smallest absolute Gasteiger partial charge is 0.335 e. The van der Waals surface area contributed by atoms with E-state index < -0.39 is 5.97 Å². The van der Waals surface area contributed by atoms with Crippen molar-refractivity contribution in [1.82, 2.24) is 4.98 Å². The van der Waals surface area contributed by atoms with Gasteiger partial charge in [-0.3, -0.25) is 0 Å². The number of thioether (sulfide) groups is 1. The third kappa shape index (κ3) is 3.88. The molecular formula is C15H15NO4S. The predicted octanol–water partition coefficient (Wildman–Crippen LogP) is 3.09. The molecule has 0 spiro atoms. The lowest BCUT2D eigenvalue weighted by Crippen LogP contribution is -1.97. The second-order valence-electron chi connectivity index (χ2n) is 4.17. The van der Waals surface area contributed by atoms with E-state index in [2.05, 4.69) is 4.98 Å². The van der Waals surface area contributed by atoms with Crippen LogP contribution in [0, 0.1) is 0 Å². The monoisotopic (exact) mass is 305 g/mol. The van der Waals surface area contributed by atoms with E-state index in [1.165, 1.54) is 24.0 Å². The molecule has 110 valence electrons. The molecule has 0 aliphatic rings. The summed E-state index contributed by atoms with van der Waals surface area (Å²) in [5.41, 5.74) is 1.28. The summed E-state index contributed by atoms with van der Waals surface area (Å²) < 4.78 is 10.4. The summed E-state index contributed by atoms with van der Waals surface area (Å²) in [6, 6.07) is 8.72. The summed E-state index contributed by atoms with van der Waals surface area (Å²) in [7, 11) is 3.18. The summed E-state index contributed by atoms with van der Waals surface area (Å²) in [6.07, 6.45) is 1.50. The van der Waals surface area contributed by atoms with Crippen LogP contribution in [0.5, 0.6) is 11.5 Å². The number of rotatable bonds is 6. The lowest BCUT2D eigenvalue weighted by molar-refractivity contribution is 0.0696. The van der Waals surface area contributed by atoms with Gasteiger partial charge in [0, 0.05) is 11.9 Å². The Hall–Kier alpha value is -2.21. The van der Waals surface area contributed by atoms with Crippen molar-refractivity contribution in [2.45, 2.75) is 10.8 Å². The molecule has 0 radical (unpaired) electrons. The molecule has 0 saturated carbocycles. The molecule has 2 rings (SSSR count). The molecule has 1 aromatic heterocycles. The van der Waals surface area contributed by atoms with Crippen LogP contribution in [0.25, 0.3) is 0 Å². The van der Waals surface area contributed by atoms with Gasteiger partial charge in [-0.2, -0.15) is 0 Å². The van der Waals surface area contributed by atoms with Crippen molar-refractivity contribution in [3.05, 3.63) is 47.7 Å². The summed E-state index contributed by atoms with van der Waals surface area (Å²) in [5, 5.41) is 9.62. The number of nitrogens with zero attached hydrogens (tertiary/aromatic N) is 1. The molecule has 0 atom stereocenters. The number of methoxy groups -OCH3 is 2. The maximum absolute atomic E-state index is 10.9. The van der Waals surface area contributed by atoms with Gasteiger partial charge in [-0.15, -0.1) is 11.8 Å². The number of hydrogen-bond donors (Lipinski definition) is 1. The van der Waals surface area contributed by atoms with Crippen LogP contribution >= 0.6 is 11.8 Å². The number of carboxylic acids is 1. The number of benzene rings is 1. The third-order valence-electron chi connectivity index (χ3n) is 2.82. The van der Waals surface area contributed by atoms with Crippen LogP contribution in [0.2, 0.25) is 0 Å². The Morgan fingerprint density at radius 3 is 2.62 bits per heavy atom. The molecule has 6 heteroatoms. The molecule has 0 aliphatic heterocycles. The quantitative estimate of drug-likeness (QED) is 0.827. The number of aromatic nitrogens is 1. The minimum atomic E-state index is -0.953. The number of hydrogen-bond acceptors (Lipinski definition) is 5. The largest absolute Gasteiger partial charge is 0.493 e. The highest BCUT2D eigenvalue weighted by atomic mass is 32.2. The fourth-order valence-electron chi connectivity index (χ4n) is 1.75. The number of carboxylic acid groups (broad SMARTS) is 1. The molecule has 5 nitrogen and oxygen atoms in total. The first kappa shape index (κ1) is 15.2. The van der Waals surface area contributed by atoms with Crippen LogP contribution in [0.3, 0.4) is 0 Å². The van der Waals surface area contributed by atoms with E-state index in [1.807, 2.05) is 18.2 Å². The second kappa shape index (κ2) is 6.99. The molecule has 21 heavy (non-hydrogen) atoms. The van der Waals surface area contributed by atoms with Gasteiger partial charge in [-0.25, -0.2) is 9.78 Å². The molecule has 0 aliphatic carbocycles. The molecule has 2 aromatic rings. The Bertz CT molecular complexity index is 645. The van der Waals surface area contributed by atoms with Gasteiger partial charge >= 0.3 is 5.97 Å². The normalized spacial score (nSPS) is 10.2. The van der Waals surface area contributed by atoms with E-state index in [0.717, 1.165) is 5.56 Å². The molecule has 1 heterocycles. The lowest BCUT2D eigenvalue weighted by atomic mass is 10.2. The topological polar surface area (TPSA) is 68.7 Å². The van der Waals surface area contributed by atoms with Crippen molar-refractivity contribution in [2.24, 2.45) is 0 Å². The van der Waals surface area contributed by atoms with Crippen LogP contribution in [-0.2, 0) is 5.75 Å². The van der Waals surface area contributed by atoms with E-state index in [0.29, 0.717) is 22.3 Å². The van der Waals surface area contributed by atoms with Crippen molar-refractivity contribution in [3.8, 4) is 11.5 Å². The average molecular weight is 305 g/mol. The van der Waals surface area contributed by atoms with E-state index in [-0.39, 0.29) is 5.56 Å². The highest BCUT2D eigenvalue weighted by Gasteiger charge is 2.07. The van der Waals surface area contributed by atoms with Crippen LogP contribution in [0.4, 0.5) is 0 Å². The van der Waals surface area contributed by atoms with Gasteiger partial charge in [0.1, 0.15) is 0 Å². The van der Waals surface area contributed by atoms with E-state index >= 15 is 0 Å². The van der Waals surface area contributed by atoms with Crippen molar-refractivity contribution in [1.29, 1.82) is 0 Å². The Morgan fingerprint density at radius 2 is 1.95 bits per heavy atom. The molecule has 0 unspecified atom stereocenters. The van der Waals surface area contributed by atoms with Crippen molar-refractivity contribution < 1.29 is 19.4 Å². The standard InChI is InChI=1S/C15H15NO4S/c1-19-12-4-3-10(7-13(12)20-2)9-21-14-8-11(15(17)18)5-6-16-14/h3-8H,9H2,1-2H3,(H,17,18). The average Bonchev–Trinajstić information content (AvgIpc) is 2.52. The number of ether oxygens (including phenoxy) is 2. The van der Waals surface area contributed by atoms with Gasteiger partial charge in [0.2, 0.25) is 0 Å².